The lowest BCUT2D eigenvalue weighted by molar-refractivity contribution is 0.230. The van der Waals surface area contributed by atoms with Crippen molar-refractivity contribution in [1.82, 2.24) is 0 Å². The largest absolute Gasteiger partial charge is 0.497 e. The molecule has 0 saturated heterocycles. The van der Waals surface area contributed by atoms with Gasteiger partial charge in [0.1, 0.15) is 18.4 Å². The van der Waals surface area contributed by atoms with Crippen molar-refractivity contribution in [3.63, 3.8) is 0 Å². The molecular formula is C9H8N2O2. The monoisotopic (exact) mass is 176 g/mol. The number of nitrogens with two attached hydrogens (primary N) is 1. The molecule has 2 rings (SSSR count). The van der Waals surface area contributed by atoms with E-state index in [9.17, 15) is 0 Å². The summed E-state index contributed by atoms with van der Waals surface area (Å²) in [7, 11) is 0. The molecule has 0 aliphatic carbocycles. The van der Waals surface area contributed by atoms with Gasteiger partial charge in [0.05, 0.1) is 11.8 Å². The van der Waals surface area contributed by atoms with Gasteiger partial charge in [-0.3, -0.25) is 0 Å². The van der Waals surface area contributed by atoms with Gasteiger partial charge in [-0.15, -0.1) is 0 Å². The van der Waals surface area contributed by atoms with Crippen LogP contribution in [-0.4, -0.2) is 6.61 Å². The molecule has 4 heteroatoms. The predicted molar refractivity (Wildman–Crippen MR) is 44.6 cm³/mol. The van der Waals surface area contributed by atoms with Crippen molar-refractivity contribution >= 4 is 0 Å². The summed E-state index contributed by atoms with van der Waals surface area (Å²) in [6.45, 7) is 0.476. The van der Waals surface area contributed by atoms with Crippen LogP contribution in [-0.2, 0) is 9.47 Å². The summed E-state index contributed by atoms with van der Waals surface area (Å²) in [6, 6.07) is 2.00. The van der Waals surface area contributed by atoms with Gasteiger partial charge in [0.25, 0.3) is 0 Å². The number of hydrogen-bond acceptors (Lipinski definition) is 4. The van der Waals surface area contributed by atoms with Crippen molar-refractivity contribution in [2.45, 2.75) is 6.42 Å². The highest BCUT2D eigenvalue weighted by atomic mass is 16.5. The summed E-state index contributed by atoms with van der Waals surface area (Å²) >= 11 is 0. The zero-order valence-electron chi connectivity index (χ0n) is 6.91. The Labute approximate surface area is 75.5 Å². The molecule has 0 atom stereocenters. The van der Waals surface area contributed by atoms with Crippen LogP contribution in [0.3, 0.4) is 0 Å². The molecule has 0 bridgehead atoms. The average molecular weight is 176 g/mol. The molecule has 2 aliphatic heterocycles. The summed E-state index contributed by atoms with van der Waals surface area (Å²) in [5.74, 6) is 0.913. The molecule has 0 aromatic rings. The van der Waals surface area contributed by atoms with E-state index in [1.165, 1.54) is 0 Å². The molecule has 66 valence electrons. The number of nitrogens with zero attached hydrogens (tertiary/aromatic N) is 1. The van der Waals surface area contributed by atoms with Gasteiger partial charge in [-0.1, -0.05) is 0 Å². The number of rotatable bonds is 0. The van der Waals surface area contributed by atoms with Crippen LogP contribution < -0.4 is 5.73 Å². The molecule has 0 radical (unpaired) electrons. The minimum absolute atomic E-state index is 0.202. The minimum Gasteiger partial charge on any atom is -0.497 e. The highest BCUT2D eigenvalue weighted by molar-refractivity contribution is 5.38. The van der Waals surface area contributed by atoms with E-state index in [1.807, 2.05) is 6.07 Å². The van der Waals surface area contributed by atoms with Crippen LogP contribution >= 0.6 is 0 Å². The minimum atomic E-state index is 0.202. The lowest BCUT2D eigenvalue weighted by Crippen LogP contribution is -2.16. The molecule has 2 N–H and O–H groups in total. The predicted octanol–water partition coefficient (Wildman–Crippen LogP) is 0.899. The third-order valence-corrected chi connectivity index (χ3v) is 1.96. The van der Waals surface area contributed by atoms with Crippen LogP contribution in [0.25, 0.3) is 0 Å². The van der Waals surface area contributed by atoms with Gasteiger partial charge in [0.15, 0.2) is 0 Å². The molecule has 4 nitrogen and oxygen atoms in total. The summed E-state index contributed by atoms with van der Waals surface area (Å²) in [5.41, 5.74) is 6.96. The van der Waals surface area contributed by atoms with E-state index >= 15 is 0 Å². The van der Waals surface area contributed by atoms with E-state index in [-0.39, 0.29) is 5.88 Å². The first kappa shape index (κ1) is 7.74. The van der Waals surface area contributed by atoms with Gasteiger partial charge in [-0.05, 0) is 0 Å². The highest BCUT2D eigenvalue weighted by Crippen LogP contribution is 2.27. The molecule has 2 heterocycles. The van der Waals surface area contributed by atoms with Crippen LogP contribution in [0.5, 0.6) is 0 Å². The van der Waals surface area contributed by atoms with E-state index in [2.05, 4.69) is 0 Å². The molecule has 0 fully saturated rings. The molecule has 0 aromatic heterocycles. The maximum atomic E-state index is 8.70. The molecular weight excluding hydrogens is 168 g/mol. The lowest BCUT2D eigenvalue weighted by atomic mass is 10.0. The van der Waals surface area contributed by atoms with E-state index < -0.39 is 0 Å². The number of ether oxygens (including phenoxy) is 2. The van der Waals surface area contributed by atoms with Crippen LogP contribution in [0.4, 0.5) is 0 Å². The first-order valence-corrected chi connectivity index (χ1v) is 3.88. The SMILES string of the molecule is N#CC1=C(N)OC2=C(COC=C2)C1. The summed E-state index contributed by atoms with van der Waals surface area (Å²) < 4.78 is 10.3. The van der Waals surface area contributed by atoms with Crippen molar-refractivity contribution in [2.24, 2.45) is 5.73 Å². The van der Waals surface area contributed by atoms with Gasteiger partial charge >= 0.3 is 0 Å². The Balaban J connectivity index is 2.29. The first-order valence-electron chi connectivity index (χ1n) is 3.88. The van der Waals surface area contributed by atoms with Crippen molar-refractivity contribution in [1.29, 1.82) is 5.26 Å². The number of allylic oxidation sites excluding steroid dienone is 2. The number of nitriles is 1. The van der Waals surface area contributed by atoms with Crippen LogP contribution in [0.1, 0.15) is 6.42 Å². The van der Waals surface area contributed by atoms with Crippen molar-refractivity contribution < 1.29 is 9.47 Å². The molecule has 2 aliphatic rings. The second-order valence-corrected chi connectivity index (χ2v) is 2.82. The summed E-state index contributed by atoms with van der Waals surface area (Å²) in [6.07, 6.45) is 3.80. The summed E-state index contributed by atoms with van der Waals surface area (Å²) in [4.78, 5) is 0. The van der Waals surface area contributed by atoms with Crippen molar-refractivity contribution in [3.05, 3.63) is 35.1 Å². The average Bonchev–Trinajstić information content (AvgIpc) is 2.17. The van der Waals surface area contributed by atoms with E-state index in [0.29, 0.717) is 24.4 Å². The molecule has 0 saturated carbocycles. The highest BCUT2D eigenvalue weighted by Gasteiger charge is 2.21. The normalized spacial score (nSPS) is 20.2. The van der Waals surface area contributed by atoms with Gasteiger partial charge in [-0.2, -0.15) is 5.26 Å². The second-order valence-electron chi connectivity index (χ2n) is 2.82. The fourth-order valence-corrected chi connectivity index (χ4v) is 1.27. The Morgan fingerprint density at radius 1 is 1.54 bits per heavy atom. The second kappa shape index (κ2) is 2.87. The Morgan fingerprint density at radius 3 is 3.15 bits per heavy atom. The van der Waals surface area contributed by atoms with Crippen LogP contribution in [0, 0.1) is 11.3 Å². The number of hydrogen-bond donors (Lipinski definition) is 1. The van der Waals surface area contributed by atoms with Crippen LogP contribution in [0.15, 0.2) is 35.1 Å². The zero-order chi connectivity index (χ0) is 9.26. The molecule has 0 unspecified atom stereocenters. The smallest absolute Gasteiger partial charge is 0.204 e. The van der Waals surface area contributed by atoms with Gasteiger partial charge in [0.2, 0.25) is 5.88 Å². The zero-order valence-corrected chi connectivity index (χ0v) is 6.91. The first-order chi connectivity index (χ1) is 6.31. The van der Waals surface area contributed by atoms with Crippen molar-refractivity contribution in [2.75, 3.05) is 6.61 Å². The summed E-state index contributed by atoms with van der Waals surface area (Å²) in [5, 5.41) is 8.70. The van der Waals surface area contributed by atoms with E-state index in [1.54, 1.807) is 12.3 Å². The molecule has 0 aromatic carbocycles. The Hall–Kier alpha value is -1.89. The third-order valence-electron chi connectivity index (χ3n) is 1.96. The topological polar surface area (TPSA) is 68.3 Å². The fourth-order valence-electron chi connectivity index (χ4n) is 1.27. The van der Waals surface area contributed by atoms with Crippen molar-refractivity contribution in [3.8, 4) is 6.07 Å². The lowest BCUT2D eigenvalue weighted by Gasteiger charge is -2.21. The maximum Gasteiger partial charge on any atom is 0.204 e. The Kier molecular flexibility index (Phi) is 1.71. The van der Waals surface area contributed by atoms with Gasteiger partial charge < -0.3 is 15.2 Å². The fraction of sp³-hybridized carbons (Fsp3) is 0.222. The van der Waals surface area contributed by atoms with Gasteiger partial charge in [0, 0.05) is 18.1 Å². The third kappa shape index (κ3) is 1.25. The Bertz CT molecular complexity index is 372. The van der Waals surface area contributed by atoms with E-state index in [4.69, 9.17) is 20.5 Å². The molecule has 0 amide bonds. The van der Waals surface area contributed by atoms with Gasteiger partial charge in [-0.25, -0.2) is 0 Å². The molecule has 13 heavy (non-hydrogen) atoms. The quantitative estimate of drug-likeness (QED) is 0.595. The van der Waals surface area contributed by atoms with Crippen LogP contribution in [0.2, 0.25) is 0 Å². The van der Waals surface area contributed by atoms with E-state index in [0.717, 1.165) is 5.57 Å². The standard InChI is InChI=1S/C9H8N2O2/c10-4-6-3-7-5-12-2-1-8(7)13-9(6)11/h1-2H,3,5,11H2. The Morgan fingerprint density at radius 2 is 2.38 bits per heavy atom. The maximum absolute atomic E-state index is 8.70. The molecule has 0 spiro atoms.